The van der Waals surface area contributed by atoms with Crippen LogP contribution < -0.4 is 5.32 Å². The Balaban J connectivity index is 2.49. The zero-order chi connectivity index (χ0) is 12.2. The summed E-state index contributed by atoms with van der Waals surface area (Å²) in [4.78, 5) is 0. The second-order valence-electron chi connectivity index (χ2n) is 5.82. The summed E-state index contributed by atoms with van der Waals surface area (Å²) in [5.41, 5.74) is 1.66. The average molecular weight is 223 g/mol. The molecule has 92 valence electrons. The SMILES string of the molecule is CNC(Cc1ccoc1)CC(C)C(C)(C)C. The van der Waals surface area contributed by atoms with E-state index in [9.17, 15) is 0 Å². The first-order valence-electron chi connectivity index (χ1n) is 6.12. The molecule has 2 heteroatoms. The van der Waals surface area contributed by atoms with E-state index in [-0.39, 0.29) is 0 Å². The number of hydrogen-bond acceptors (Lipinski definition) is 2. The number of hydrogen-bond donors (Lipinski definition) is 1. The minimum Gasteiger partial charge on any atom is -0.472 e. The first-order valence-corrected chi connectivity index (χ1v) is 6.12. The Morgan fingerprint density at radius 1 is 1.38 bits per heavy atom. The third-order valence-electron chi connectivity index (χ3n) is 3.59. The second-order valence-corrected chi connectivity index (χ2v) is 5.82. The first kappa shape index (κ1) is 13.3. The maximum Gasteiger partial charge on any atom is 0.0935 e. The Bertz CT molecular complexity index is 284. The summed E-state index contributed by atoms with van der Waals surface area (Å²) in [5.74, 6) is 0.705. The van der Waals surface area contributed by atoms with Gasteiger partial charge < -0.3 is 9.73 Å². The molecule has 2 unspecified atom stereocenters. The summed E-state index contributed by atoms with van der Waals surface area (Å²) in [5, 5.41) is 3.40. The maximum absolute atomic E-state index is 5.10. The lowest BCUT2D eigenvalue weighted by molar-refractivity contribution is 0.225. The van der Waals surface area contributed by atoms with Crippen LogP contribution in [0.5, 0.6) is 0 Å². The minimum absolute atomic E-state index is 0.380. The summed E-state index contributed by atoms with van der Waals surface area (Å²) >= 11 is 0. The predicted molar refractivity (Wildman–Crippen MR) is 68.5 cm³/mol. The van der Waals surface area contributed by atoms with Crippen LogP contribution in [0.3, 0.4) is 0 Å². The Labute approximate surface area is 99.4 Å². The highest BCUT2D eigenvalue weighted by molar-refractivity contribution is 5.07. The molecule has 1 aromatic rings. The van der Waals surface area contributed by atoms with Crippen molar-refractivity contribution in [1.29, 1.82) is 0 Å². The van der Waals surface area contributed by atoms with Crippen molar-refractivity contribution in [2.24, 2.45) is 11.3 Å². The zero-order valence-electron chi connectivity index (χ0n) is 11.2. The van der Waals surface area contributed by atoms with Gasteiger partial charge in [0.15, 0.2) is 0 Å². The van der Waals surface area contributed by atoms with E-state index in [0.717, 1.165) is 6.42 Å². The van der Waals surface area contributed by atoms with Crippen LogP contribution in [0, 0.1) is 11.3 Å². The molecule has 0 aromatic carbocycles. The van der Waals surface area contributed by atoms with Crippen molar-refractivity contribution in [3.05, 3.63) is 24.2 Å². The van der Waals surface area contributed by atoms with Gasteiger partial charge in [-0.2, -0.15) is 0 Å². The molecule has 2 nitrogen and oxygen atoms in total. The van der Waals surface area contributed by atoms with Crippen LogP contribution in [0.2, 0.25) is 0 Å². The van der Waals surface area contributed by atoms with Gasteiger partial charge >= 0.3 is 0 Å². The van der Waals surface area contributed by atoms with Crippen LogP contribution in [-0.4, -0.2) is 13.1 Å². The maximum atomic E-state index is 5.10. The highest BCUT2D eigenvalue weighted by atomic mass is 16.3. The van der Waals surface area contributed by atoms with Gasteiger partial charge in [-0.25, -0.2) is 0 Å². The molecule has 0 aliphatic rings. The number of nitrogens with one attached hydrogen (secondary N) is 1. The normalized spacial score (nSPS) is 16.1. The number of likely N-dealkylation sites (N-methyl/N-ethyl adjacent to an activating group) is 1. The third kappa shape index (κ3) is 4.01. The fourth-order valence-corrected chi connectivity index (χ4v) is 1.78. The van der Waals surface area contributed by atoms with Gasteiger partial charge in [0, 0.05) is 6.04 Å². The molecule has 0 amide bonds. The van der Waals surface area contributed by atoms with Gasteiger partial charge in [0.25, 0.3) is 0 Å². The predicted octanol–water partition coefficient (Wildman–Crippen LogP) is 3.48. The Hall–Kier alpha value is -0.760. The summed E-state index contributed by atoms with van der Waals surface area (Å²) in [6, 6.07) is 2.58. The molecule has 0 aliphatic heterocycles. The monoisotopic (exact) mass is 223 g/mol. The molecule has 1 N–H and O–H groups in total. The van der Waals surface area contributed by atoms with E-state index < -0.39 is 0 Å². The van der Waals surface area contributed by atoms with E-state index in [2.05, 4.69) is 33.0 Å². The van der Waals surface area contributed by atoms with Crippen molar-refractivity contribution >= 4 is 0 Å². The summed E-state index contributed by atoms with van der Waals surface area (Å²) < 4.78 is 5.10. The van der Waals surface area contributed by atoms with Crippen molar-refractivity contribution in [2.75, 3.05) is 7.05 Å². The van der Waals surface area contributed by atoms with E-state index in [1.54, 1.807) is 6.26 Å². The van der Waals surface area contributed by atoms with Crippen molar-refractivity contribution < 1.29 is 4.42 Å². The van der Waals surface area contributed by atoms with Crippen LogP contribution in [0.4, 0.5) is 0 Å². The molecule has 0 radical (unpaired) electrons. The van der Waals surface area contributed by atoms with E-state index in [1.807, 2.05) is 19.4 Å². The van der Waals surface area contributed by atoms with Crippen molar-refractivity contribution in [1.82, 2.24) is 5.32 Å². The van der Waals surface area contributed by atoms with Crippen LogP contribution in [0.1, 0.15) is 39.7 Å². The van der Waals surface area contributed by atoms with E-state index in [0.29, 0.717) is 17.4 Å². The smallest absolute Gasteiger partial charge is 0.0935 e. The summed E-state index contributed by atoms with van der Waals surface area (Å²) in [6.45, 7) is 9.26. The Morgan fingerprint density at radius 2 is 2.06 bits per heavy atom. The van der Waals surface area contributed by atoms with Crippen LogP contribution in [0.15, 0.2) is 23.0 Å². The van der Waals surface area contributed by atoms with Crippen molar-refractivity contribution in [3.63, 3.8) is 0 Å². The molecular weight excluding hydrogens is 198 g/mol. The molecule has 1 aromatic heterocycles. The van der Waals surface area contributed by atoms with Gasteiger partial charge in [0.2, 0.25) is 0 Å². The van der Waals surface area contributed by atoms with Gasteiger partial charge in [-0.05, 0) is 42.9 Å². The van der Waals surface area contributed by atoms with Gasteiger partial charge in [-0.15, -0.1) is 0 Å². The molecule has 1 heterocycles. The lowest BCUT2D eigenvalue weighted by Gasteiger charge is -2.30. The number of rotatable bonds is 5. The van der Waals surface area contributed by atoms with Gasteiger partial charge in [0.1, 0.15) is 0 Å². The Morgan fingerprint density at radius 3 is 2.50 bits per heavy atom. The van der Waals surface area contributed by atoms with Gasteiger partial charge in [0.05, 0.1) is 12.5 Å². The fourth-order valence-electron chi connectivity index (χ4n) is 1.78. The highest BCUT2D eigenvalue weighted by Crippen LogP contribution is 2.29. The molecule has 2 atom stereocenters. The third-order valence-corrected chi connectivity index (χ3v) is 3.59. The summed E-state index contributed by atoms with van der Waals surface area (Å²) in [7, 11) is 2.04. The fraction of sp³-hybridized carbons (Fsp3) is 0.714. The lowest BCUT2D eigenvalue weighted by Crippen LogP contribution is -2.32. The molecule has 0 fully saturated rings. The molecule has 0 spiro atoms. The zero-order valence-corrected chi connectivity index (χ0v) is 11.2. The molecule has 0 bridgehead atoms. The highest BCUT2D eigenvalue weighted by Gasteiger charge is 2.23. The van der Waals surface area contributed by atoms with E-state index >= 15 is 0 Å². The molecule has 0 saturated heterocycles. The first-order chi connectivity index (χ1) is 7.43. The quantitative estimate of drug-likeness (QED) is 0.826. The second kappa shape index (κ2) is 5.53. The van der Waals surface area contributed by atoms with Gasteiger partial charge in [-0.1, -0.05) is 27.7 Å². The molecule has 0 saturated carbocycles. The standard InChI is InChI=1S/C14H25NO/c1-11(14(2,3)4)8-13(15-5)9-12-6-7-16-10-12/h6-7,10-11,13,15H,8-9H2,1-5H3. The molecule has 1 rings (SSSR count). The molecule has 0 aliphatic carbocycles. The van der Waals surface area contributed by atoms with E-state index in [1.165, 1.54) is 12.0 Å². The van der Waals surface area contributed by atoms with Crippen LogP contribution in [0.25, 0.3) is 0 Å². The minimum atomic E-state index is 0.380. The van der Waals surface area contributed by atoms with Crippen molar-refractivity contribution in [2.45, 2.75) is 46.6 Å². The Kier molecular flexibility index (Phi) is 4.60. The molecular formula is C14H25NO. The molecule has 16 heavy (non-hydrogen) atoms. The largest absolute Gasteiger partial charge is 0.472 e. The van der Waals surface area contributed by atoms with Gasteiger partial charge in [-0.3, -0.25) is 0 Å². The number of furan rings is 1. The lowest BCUT2D eigenvalue weighted by atomic mass is 9.78. The topological polar surface area (TPSA) is 25.2 Å². The summed E-state index contributed by atoms with van der Waals surface area (Å²) in [6.07, 6.45) is 5.83. The van der Waals surface area contributed by atoms with E-state index in [4.69, 9.17) is 4.42 Å². The van der Waals surface area contributed by atoms with Crippen LogP contribution >= 0.6 is 0 Å². The average Bonchev–Trinajstić information content (AvgIpc) is 2.67. The van der Waals surface area contributed by atoms with Crippen LogP contribution in [-0.2, 0) is 6.42 Å². The van der Waals surface area contributed by atoms with Crippen molar-refractivity contribution in [3.8, 4) is 0 Å².